The predicted molar refractivity (Wildman–Crippen MR) is 74.0 cm³/mol. The molecule has 3 rings (SSSR count). The second kappa shape index (κ2) is 4.59. The van der Waals surface area contributed by atoms with E-state index in [1.165, 1.54) is 11.1 Å². The Kier molecular flexibility index (Phi) is 2.89. The van der Waals surface area contributed by atoms with Gasteiger partial charge in [0.2, 0.25) is 0 Å². The van der Waals surface area contributed by atoms with Crippen LogP contribution in [-0.2, 0) is 12.8 Å². The van der Waals surface area contributed by atoms with Gasteiger partial charge in [-0.05, 0) is 43.4 Å². The molecule has 0 spiro atoms. The highest BCUT2D eigenvalue weighted by Gasteiger charge is 2.19. The number of hydrogen-bond acceptors (Lipinski definition) is 3. The summed E-state index contributed by atoms with van der Waals surface area (Å²) in [6.07, 6.45) is 3.17. The molecule has 5 heteroatoms. The zero-order valence-corrected chi connectivity index (χ0v) is 11.1. The number of benzene rings is 1. The minimum atomic E-state index is -1.08. The number of H-pyrrole nitrogens is 1. The highest BCUT2D eigenvalue weighted by molar-refractivity contribution is 5.95. The number of carboxylic acid groups (broad SMARTS) is 1. The van der Waals surface area contributed by atoms with Gasteiger partial charge in [-0.25, -0.2) is 9.59 Å². The topological polar surface area (TPSA) is 83.0 Å². The summed E-state index contributed by atoms with van der Waals surface area (Å²) in [7, 11) is 0. The van der Waals surface area contributed by atoms with Crippen LogP contribution < -0.4 is 5.69 Å². The lowest BCUT2D eigenvalue weighted by atomic mass is 10.0. The van der Waals surface area contributed by atoms with Gasteiger partial charge in [-0.3, -0.25) is 0 Å². The molecule has 1 heterocycles. The van der Waals surface area contributed by atoms with Gasteiger partial charge >= 0.3 is 11.7 Å². The molecule has 0 amide bonds. The monoisotopic (exact) mass is 270 g/mol. The van der Waals surface area contributed by atoms with E-state index in [2.05, 4.69) is 9.97 Å². The molecular formula is C15H14N2O3. The van der Waals surface area contributed by atoms with Gasteiger partial charge in [0.05, 0.1) is 5.69 Å². The number of aromatic nitrogens is 2. The average molecular weight is 270 g/mol. The van der Waals surface area contributed by atoms with Crippen molar-refractivity contribution in [1.82, 2.24) is 9.97 Å². The summed E-state index contributed by atoms with van der Waals surface area (Å²) >= 11 is 0. The molecule has 0 radical (unpaired) electrons. The average Bonchev–Trinajstić information content (AvgIpc) is 2.84. The van der Waals surface area contributed by atoms with Gasteiger partial charge in [0.15, 0.2) is 0 Å². The van der Waals surface area contributed by atoms with E-state index < -0.39 is 11.7 Å². The number of aryl methyl sites for hydroxylation is 3. The van der Waals surface area contributed by atoms with Crippen LogP contribution >= 0.6 is 0 Å². The van der Waals surface area contributed by atoms with E-state index in [1.54, 1.807) is 6.92 Å². The molecule has 0 atom stereocenters. The van der Waals surface area contributed by atoms with E-state index in [0.29, 0.717) is 11.3 Å². The van der Waals surface area contributed by atoms with E-state index in [0.717, 1.165) is 19.3 Å². The molecule has 1 aliphatic rings. The van der Waals surface area contributed by atoms with Crippen LogP contribution in [0.5, 0.6) is 0 Å². The van der Waals surface area contributed by atoms with Crippen LogP contribution in [0.4, 0.5) is 0 Å². The van der Waals surface area contributed by atoms with Crippen molar-refractivity contribution in [2.45, 2.75) is 26.2 Å². The number of carbonyl (C=O) groups is 1. The molecule has 0 saturated heterocycles. The largest absolute Gasteiger partial charge is 0.478 e. The van der Waals surface area contributed by atoms with Gasteiger partial charge < -0.3 is 10.1 Å². The molecule has 5 nitrogen and oxygen atoms in total. The Labute approximate surface area is 115 Å². The molecule has 1 aromatic carbocycles. The van der Waals surface area contributed by atoms with E-state index >= 15 is 0 Å². The number of aromatic amines is 1. The summed E-state index contributed by atoms with van der Waals surface area (Å²) in [6.45, 7) is 1.57. The van der Waals surface area contributed by atoms with Gasteiger partial charge in [-0.2, -0.15) is 4.98 Å². The van der Waals surface area contributed by atoms with E-state index in [-0.39, 0.29) is 11.3 Å². The second-order valence-corrected chi connectivity index (χ2v) is 5.03. The molecule has 20 heavy (non-hydrogen) atoms. The molecule has 0 fully saturated rings. The highest BCUT2D eigenvalue weighted by Crippen LogP contribution is 2.28. The number of nitrogens with one attached hydrogen (secondary N) is 1. The maximum Gasteiger partial charge on any atom is 0.345 e. The first-order valence-electron chi connectivity index (χ1n) is 6.52. The smallest absolute Gasteiger partial charge is 0.345 e. The fourth-order valence-electron chi connectivity index (χ4n) is 2.78. The predicted octanol–water partition coefficient (Wildman–Crippen LogP) is 1.93. The van der Waals surface area contributed by atoms with Gasteiger partial charge in [0.1, 0.15) is 5.56 Å². The minimum absolute atomic E-state index is 0.0579. The molecule has 0 bridgehead atoms. The fraction of sp³-hybridized carbons (Fsp3) is 0.267. The first-order chi connectivity index (χ1) is 9.56. The van der Waals surface area contributed by atoms with Crippen LogP contribution in [-0.4, -0.2) is 21.0 Å². The Bertz CT molecular complexity index is 762. The maximum atomic E-state index is 11.5. The molecule has 1 aliphatic carbocycles. The Morgan fingerprint density at radius 2 is 2.05 bits per heavy atom. The summed E-state index contributed by atoms with van der Waals surface area (Å²) in [4.78, 5) is 29.2. The van der Waals surface area contributed by atoms with E-state index in [9.17, 15) is 14.7 Å². The first-order valence-corrected chi connectivity index (χ1v) is 6.52. The molecule has 0 unspecified atom stereocenters. The van der Waals surface area contributed by atoms with E-state index in [4.69, 9.17) is 0 Å². The lowest BCUT2D eigenvalue weighted by Crippen LogP contribution is -2.18. The number of fused-ring (bicyclic) bond motifs is 1. The van der Waals surface area contributed by atoms with Gasteiger partial charge in [0, 0.05) is 11.3 Å². The summed E-state index contributed by atoms with van der Waals surface area (Å²) < 4.78 is 0. The summed E-state index contributed by atoms with van der Waals surface area (Å²) in [5.41, 5.74) is 3.31. The lowest BCUT2D eigenvalue weighted by Gasteiger charge is -2.09. The van der Waals surface area contributed by atoms with Crippen molar-refractivity contribution < 1.29 is 9.90 Å². The molecule has 0 aliphatic heterocycles. The fourth-order valence-corrected chi connectivity index (χ4v) is 2.78. The normalized spacial score (nSPS) is 13.2. The molecule has 0 saturated carbocycles. The molecular weight excluding hydrogens is 256 g/mol. The SMILES string of the molecule is Cc1[nH]c(=O)nc(-c2ccc3c(c2)CCC3)c1C(=O)O. The summed E-state index contributed by atoms with van der Waals surface area (Å²) in [6, 6.07) is 5.80. The van der Waals surface area contributed by atoms with Crippen molar-refractivity contribution in [1.29, 1.82) is 0 Å². The zero-order chi connectivity index (χ0) is 14.3. The standard InChI is InChI=1S/C15H14N2O3/c1-8-12(14(18)19)13(17-15(20)16-8)11-6-5-9-3-2-4-10(9)7-11/h5-7H,2-4H2,1H3,(H,18,19)(H,16,17,20). The molecule has 2 N–H and O–H groups in total. The molecule has 1 aromatic heterocycles. The third-order valence-corrected chi connectivity index (χ3v) is 3.71. The summed E-state index contributed by atoms with van der Waals surface area (Å²) in [5, 5.41) is 9.33. The van der Waals surface area contributed by atoms with Crippen LogP contribution in [0.25, 0.3) is 11.3 Å². The third-order valence-electron chi connectivity index (χ3n) is 3.71. The number of carboxylic acids is 1. The third kappa shape index (κ3) is 2.01. The Hall–Kier alpha value is -2.43. The van der Waals surface area contributed by atoms with Crippen molar-refractivity contribution in [2.24, 2.45) is 0 Å². The summed E-state index contributed by atoms with van der Waals surface area (Å²) in [5.74, 6) is -1.08. The lowest BCUT2D eigenvalue weighted by molar-refractivity contribution is 0.0696. The number of hydrogen-bond donors (Lipinski definition) is 2. The number of rotatable bonds is 2. The van der Waals surface area contributed by atoms with Crippen molar-refractivity contribution in [3.05, 3.63) is 51.1 Å². The van der Waals surface area contributed by atoms with Gasteiger partial charge in [-0.15, -0.1) is 0 Å². The van der Waals surface area contributed by atoms with Crippen molar-refractivity contribution in [3.8, 4) is 11.3 Å². The van der Waals surface area contributed by atoms with Crippen molar-refractivity contribution in [3.63, 3.8) is 0 Å². The van der Waals surface area contributed by atoms with Gasteiger partial charge in [-0.1, -0.05) is 12.1 Å². The molecule has 2 aromatic rings. The van der Waals surface area contributed by atoms with Gasteiger partial charge in [0.25, 0.3) is 0 Å². The van der Waals surface area contributed by atoms with E-state index in [1.807, 2.05) is 18.2 Å². The molecule has 102 valence electrons. The maximum absolute atomic E-state index is 11.5. The Morgan fingerprint density at radius 1 is 1.30 bits per heavy atom. The van der Waals surface area contributed by atoms with Crippen LogP contribution in [0.1, 0.15) is 33.6 Å². The van der Waals surface area contributed by atoms with Crippen molar-refractivity contribution in [2.75, 3.05) is 0 Å². The minimum Gasteiger partial charge on any atom is -0.478 e. The van der Waals surface area contributed by atoms with Crippen LogP contribution in [0.2, 0.25) is 0 Å². The second-order valence-electron chi connectivity index (χ2n) is 5.03. The highest BCUT2D eigenvalue weighted by atomic mass is 16.4. The Morgan fingerprint density at radius 3 is 2.80 bits per heavy atom. The number of nitrogens with zero attached hydrogens (tertiary/aromatic N) is 1. The quantitative estimate of drug-likeness (QED) is 0.873. The van der Waals surface area contributed by atoms with Crippen LogP contribution in [0, 0.1) is 6.92 Å². The zero-order valence-electron chi connectivity index (χ0n) is 11.1. The van der Waals surface area contributed by atoms with Crippen LogP contribution in [0.3, 0.4) is 0 Å². The van der Waals surface area contributed by atoms with Crippen LogP contribution in [0.15, 0.2) is 23.0 Å². The number of aromatic carboxylic acids is 1. The van der Waals surface area contributed by atoms with Crippen molar-refractivity contribution >= 4 is 5.97 Å². The first kappa shape index (κ1) is 12.6. The Balaban J connectivity index is 2.24.